The third kappa shape index (κ3) is 2.59. The molecule has 0 unspecified atom stereocenters. The number of hydrogen-bond acceptors (Lipinski definition) is 4. The number of nitrogens with zero attached hydrogens (tertiary/aromatic N) is 3. The summed E-state index contributed by atoms with van der Waals surface area (Å²) in [5.74, 6) is -0.160. The van der Waals surface area contributed by atoms with Gasteiger partial charge in [-0.1, -0.05) is 0 Å². The summed E-state index contributed by atoms with van der Waals surface area (Å²) < 4.78 is 0. The SMILES string of the molecule is CN(C)CCc1nc2ncc(C(=O)O)cc2[nH]1. The monoisotopic (exact) mass is 234 g/mol. The van der Waals surface area contributed by atoms with Crippen molar-refractivity contribution in [3.8, 4) is 0 Å². The van der Waals surface area contributed by atoms with E-state index in [9.17, 15) is 4.79 Å². The highest BCUT2D eigenvalue weighted by atomic mass is 16.4. The predicted octanol–water partition coefficient (Wildman–Crippen LogP) is 0.760. The first-order chi connectivity index (χ1) is 8.06. The minimum absolute atomic E-state index is 0.167. The molecule has 0 saturated heterocycles. The predicted molar refractivity (Wildman–Crippen MR) is 63.1 cm³/mol. The molecule has 0 saturated carbocycles. The Morgan fingerprint density at radius 1 is 1.53 bits per heavy atom. The van der Waals surface area contributed by atoms with Gasteiger partial charge in [0, 0.05) is 19.2 Å². The highest BCUT2D eigenvalue weighted by Crippen LogP contribution is 2.11. The highest BCUT2D eigenvalue weighted by molar-refractivity contribution is 5.90. The Hall–Kier alpha value is -1.95. The topological polar surface area (TPSA) is 82.1 Å². The molecule has 17 heavy (non-hydrogen) atoms. The highest BCUT2D eigenvalue weighted by Gasteiger charge is 2.08. The van der Waals surface area contributed by atoms with Gasteiger partial charge in [-0.2, -0.15) is 0 Å². The van der Waals surface area contributed by atoms with Crippen LogP contribution in [0.2, 0.25) is 0 Å². The number of carboxylic acid groups (broad SMARTS) is 1. The number of aromatic carboxylic acids is 1. The van der Waals surface area contributed by atoms with Crippen molar-refractivity contribution in [2.24, 2.45) is 0 Å². The van der Waals surface area contributed by atoms with Crippen LogP contribution in [0.3, 0.4) is 0 Å². The third-order valence-electron chi connectivity index (χ3n) is 2.43. The number of H-pyrrole nitrogens is 1. The van der Waals surface area contributed by atoms with Gasteiger partial charge in [-0.3, -0.25) is 0 Å². The van der Waals surface area contributed by atoms with Crippen molar-refractivity contribution in [3.63, 3.8) is 0 Å². The normalized spacial score (nSPS) is 11.2. The van der Waals surface area contributed by atoms with Crippen molar-refractivity contribution >= 4 is 17.1 Å². The van der Waals surface area contributed by atoms with Gasteiger partial charge in [0.05, 0.1) is 11.1 Å². The number of fused-ring (bicyclic) bond motifs is 1. The number of imidazole rings is 1. The van der Waals surface area contributed by atoms with E-state index in [1.807, 2.05) is 14.1 Å². The van der Waals surface area contributed by atoms with Crippen molar-refractivity contribution < 1.29 is 9.90 Å². The summed E-state index contributed by atoms with van der Waals surface area (Å²) in [6.45, 7) is 0.881. The van der Waals surface area contributed by atoms with Crippen LogP contribution in [0.25, 0.3) is 11.2 Å². The number of hydrogen-bond donors (Lipinski definition) is 2. The minimum atomic E-state index is -0.983. The van der Waals surface area contributed by atoms with E-state index in [-0.39, 0.29) is 5.56 Å². The number of nitrogens with one attached hydrogen (secondary N) is 1. The zero-order valence-corrected chi connectivity index (χ0v) is 9.77. The quantitative estimate of drug-likeness (QED) is 0.816. The van der Waals surface area contributed by atoms with Crippen LogP contribution >= 0.6 is 0 Å². The van der Waals surface area contributed by atoms with Crippen LogP contribution in [0.4, 0.5) is 0 Å². The summed E-state index contributed by atoms with van der Waals surface area (Å²) in [4.78, 5) is 24.2. The molecule has 2 aromatic rings. The minimum Gasteiger partial charge on any atom is -0.478 e. The fraction of sp³-hybridized carbons (Fsp3) is 0.364. The summed E-state index contributed by atoms with van der Waals surface area (Å²) in [5, 5.41) is 8.85. The van der Waals surface area contributed by atoms with Gasteiger partial charge in [0.15, 0.2) is 5.65 Å². The largest absolute Gasteiger partial charge is 0.478 e. The van der Waals surface area contributed by atoms with Gasteiger partial charge < -0.3 is 15.0 Å². The van der Waals surface area contributed by atoms with Gasteiger partial charge >= 0.3 is 5.97 Å². The number of carboxylic acids is 1. The van der Waals surface area contributed by atoms with Crippen molar-refractivity contribution in [2.45, 2.75) is 6.42 Å². The van der Waals surface area contributed by atoms with E-state index in [1.54, 1.807) is 6.07 Å². The summed E-state index contributed by atoms with van der Waals surface area (Å²) in [5.41, 5.74) is 1.39. The maximum absolute atomic E-state index is 10.8. The van der Waals surface area contributed by atoms with Crippen LogP contribution in [0, 0.1) is 0 Å². The van der Waals surface area contributed by atoms with Crippen molar-refractivity contribution in [3.05, 3.63) is 23.7 Å². The van der Waals surface area contributed by atoms with Crippen LogP contribution in [0.15, 0.2) is 12.3 Å². The number of carbonyl (C=O) groups is 1. The summed E-state index contributed by atoms with van der Waals surface area (Å²) >= 11 is 0. The van der Waals surface area contributed by atoms with Crippen LogP contribution in [0.1, 0.15) is 16.2 Å². The molecule has 0 aliphatic heterocycles. The van der Waals surface area contributed by atoms with Crippen LogP contribution in [0.5, 0.6) is 0 Å². The van der Waals surface area contributed by atoms with E-state index in [4.69, 9.17) is 5.11 Å². The van der Waals surface area contributed by atoms with Gasteiger partial charge in [0.1, 0.15) is 5.82 Å². The number of pyridine rings is 1. The van der Waals surface area contributed by atoms with Gasteiger partial charge in [-0.15, -0.1) is 0 Å². The van der Waals surface area contributed by atoms with E-state index in [1.165, 1.54) is 6.20 Å². The average molecular weight is 234 g/mol. The molecule has 2 aromatic heterocycles. The van der Waals surface area contributed by atoms with Gasteiger partial charge in [-0.25, -0.2) is 14.8 Å². The molecule has 0 aliphatic carbocycles. The van der Waals surface area contributed by atoms with E-state index in [0.29, 0.717) is 11.2 Å². The van der Waals surface area contributed by atoms with Crippen molar-refractivity contribution in [1.82, 2.24) is 19.9 Å². The smallest absolute Gasteiger partial charge is 0.337 e. The van der Waals surface area contributed by atoms with Gasteiger partial charge in [0.2, 0.25) is 0 Å². The Labute approximate surface area is 98.3 Å². The molecule has 0 aliphatic rings. The van der Waals surface area contributed by atoms with Crippen LogP contribution in [-0.4, -0.2) is 51.6 Å². The van der Waals surface area contributed by atoms with Crippen LogP contribution in [-0.2, 0) is 6.42 Å². The van der Waals surface area contributed by atoms with Gasteiger partial charge in [0.25, 0.3) is 0 Å². The molecule has 0 radical (unpaired) electrons. The van der Waals surface area contributed by atoms with E-state index in [2.05, 4.69) is 19.9 Å². The number of rotatable bonds is 4. The lowest BCUT2D eigenvalue weighted by molar-refractivity contribution is 0.0696. The number of aromatic amines is 1. The maximum atomic E-state index is 10.8. The summed E-state index contributed by atoms with van der Waals surface area (Å²) in [7, 11) is 3.98. The Morgan fingerprint density at radius 3 is 2.94 bits per heavy atom. The first-order valence-electron chi connectivity index (χ1n) is 5.29. The average Bonchev–Trinajstić information content (AvgIpc) is 2.67. The molecule has 0 aromatic carbocycles. The van der Waals surface area contributed by atoms with Gasteiger partial charge in [-0.05, 0) is 20.2 Å². The summed E-state index contributed by atoms with van der Waals surface area (Å²) in [6, 6.07) is 1.55. The van der Waals surface area contributed by atoms with E-state index in [0.717, 1.165) is 18.8 Å². The molecular formula is C11H14N4O2. The summed E-state index contributed by atoms with van der Waals surface area (Å²) in [6.07, 6.45) is 2.10. The first kappa shape index (κ1) is 11.5. The van der Waals surface area contributed by atoms with E-state index < -0.39 is 5.97 Å². The maximum Gasteiger partial charge on any atom is 0.337 e. The molecule has 2 N–H and O–H groups in total. The Bertz CT molecular complexity index is 547. The molecule has 2 rings (SSSR count). The Morgan fingerprint density at radius 2 is 2.29 bits per heavy atom. The standard InChI is InChI=1S/C11H14N4O2/c1-15(2)4-3-9-13-8-5-7(11(16)17)6-12-10(8)14-9/h5-6H,3-4H2,1-2H3,(H,16,17)(H,12,13,14). The number of aromatic nitrogens is 3. The van der Waals surface area contributed by atoms with Crippen molar-refractivity contribution in [1.29, 1.82) is 0 Å². The molecule has 0 spiro atoms. The second-order valence-corrected chi connectivity index (χ2v) is 4.14. The molecule has 0 fully saturated rings. The van der Waals surface area contributed by atoms with Crippen LogP contribution < -0.4 is 0 Å². The molecule has 0 bridgehead atoms. The lowest BCUT2D eigenvalue weighted by Gasteiger charge is -2.06. The Balaban J connectivity index is 2.27. The zero-order valence-electron chi connectivity index (χ0n) is 9.77. The molecule has 6 heteroatoms. The molecule has 90 valence electrons. The fourth-order valence-electron chi connectivity index (χ4n) is 1.51. The zero-order chi connectivity index (χ0) is 12.4. The first-order valence-corrected chi connectivity index (χ1v) is 5.29. The lowest BCUT2D eigenvalue weighted by atomic mass is 10.3. The lowest BCUT2D eigenvalue weighted by Crippen LogP contribution is -2.15. The van der Waals surface area contributed by atoms with E-state index >= 15 is 0 Å². The fourth-order valence-corrected chi connectivity index (χ4v) is 1.51. The second kappa shape index (κ2) is 4.50. The van der Waals surface area contributed by atoms with Crippen molar-refractivity contribution in [2.75, 3.05) is 20.6 Å². The third-order valence-corrected chi connectivity index (χ3v) is 2.43. The molecule has 6 nitrogen and oxygen atoms in total. The number of likely N-dealkylation sites (N-methyl/N-ethyl adjacent to an activating group) is 1. The Kier molecular flexibility index (Phi) is 3.06. The molecule has 2 heterocycles. The molecular weight excluding hydrogens is 220 g/mol. The second-order valence-electron chi connectivity index (χ2n) is 4.14. The molecule has 0 amide bonds. The molecule has 0 atom stereocenters.